The van der Waals surface area contributed by atoms with Crippen molar-refractivity contribution in [1.29, 1.82) is 0 Å². The van der Waals surface area contributed by atoms with Gasteiger partial charge in [0.2, 0.25) is 0 Å². The molecule has 0 saturated carbocycles. The maximum Gasteiger partial charge on any atom is 0.184 e. The fourth-order valence-corrected chi connectivity index (χ4v) is 3.55. The van der Waals surface area contributed by atoms with E-state index in [1.54, 1.807) is 0 Å². The molecule has 0 aromatic heterocycles. The summed E-state index contributed by atoms with van der Waals surface area (Å²) in [6, 6.07) is 8.03. The fraction of sp³-hybridized carbons (Fsp3) is 0.684. The molecule has 128 valence electrons. The van der Waals surface area contributed by atoms with Crippen molar-refractivity contribution in [1.82, 2.24) is 0 Å². The van der Waals surface area contributed by atoms with Gasteiger partial charge in [0.25, 0.3) is 0 Å². The summed E-state index contributed by atoms with van der Waals surface area (Å²) in [5, 5.41) is 0. The van der Waals surface area contributed by atoms with Crippen molar-refractivity contribution in [3.8, 4) is 5.75 Å². The van der Waals surface area contributed by atoms with E-state index >= 15 is 0 Å². The molecule has 2 unspecified atom stereocenters. The summed E-state index contributed by atoms with van der Waals surface area (Å²) in [5.41, 5.74) is 0.789. The van der Waals surface area contributed by atoms with Crippen LogP contribution in [0.25, 0.3) is 0 Å². The van der Waals surface area contributed by atoms with Crippen LogP contribution in [-0.4, -0.2) is 30.5 Å². The molecule has 2 fully saturated rings. The van der Waals surface area contributed by atoms with Gasteiger partial charge >= 0.3 is 0 Å². The van der Waals surface area contributed by atoms with Crippen LogP contribution in [-0.2, 0) is 14.2 Å². The molecule has 2 heterocycles. The van der Waals surface area contributed by atoms with Gasteiger partial charge in [0.1, 0.15) is 5.75 Å². The quantitative estimate of drug-likeness (QED) is 0.835. The Balaban J connectivity index is 1.71. The highest BCUT2D eigenvalue weighted by molar-refractivity contribution is 5.28. The predicted octanol–water partition coefficient (Wildman–Crippen LogP) is 4.24. The molecule has 2 aliphatic heterocycles. The number of benzene rings is 1. The lowest BCUT2D eigenvalue weighted by Gasteiger charge is -2.48. The second-order valence-corrected chi connectivity index (χ2v) is 7.52. The molecule has 0 amide bonds. The summed E-state index contributed by atoms with van der Waals surface area (Å²) in [7, 11) is 0. The largest absolute Gasteiger partial charge is 0.491 e. The summed E-state index contributed by atoms with van der Waals surface area (Å²) >= 11 is 0. The van der Waals surface area contributed by atoms with Gasteiger partial charge < -0.3 is 18.9 Å². The van der Waals surface area contributed by atoms with Crippen LogP contribution < -0.4 is 4.74 Å². The Kier molecular flexibility index (Phi) is 4.68. The molecule has 0 radical (unpaired) electrons. The fourth-order valence-electron chi connectivity index (χ4n) is 3.55. The highest BCUT2D eigenvalue weighted by Crippen LogP contribution is 2.43. The van der Waals surface area contributed by atoms with Gasteiger partial charge in [0.05, 0.1) is 30.5 Å². The van der Waals surface area contributed by atoms with E-state index in [1.165, 1.54) is 0 Å². The summed E-state index contributed by atoms with van der Waals surface area (Å²) in [6.07, 6.45) is 2.66. The van der Waals surface area contributed by atoms with E-state index < -0.39 is 0 Å². The third-order valence-corrected chi connectivity index (χ3v) is 4.51. The van der Waals surface area contributed by atoms with Crippen LogP contribution in [0.2, 0.25) is 0 Å². The molecular formula is C19H28O4. The van der Waals surface area contributed by atoms with Crippen LogP contribution in [0.1, 0.15) is 58.8 Å². The second-order valence-electron chi connectivity index (χ2n) is 7.52. The molecule has 2 aliphatic rings. The topological polar surface area (TPSA) is 36.9 Å². The summed E-state index contributed by atoms with van der Waals surface area (Å²) in [5.74, 6) is 0.876. The highest BCUT2D eigenvalue weighted by atomic mass is 16.7. The van der Waals surface area contributed by atoms with E-state index in [0.717, 1.165) is 43.8 Å². The molecule has 1 spiro atoms. The van der Waals surface area contributed by atoms with E-state index in [1.807, 2.05) is 38.1 Å². The van der Waals surface area contributed by atoms with Gasteiger partial charge in [0, 0.05) is 24.8 Å². The predicted molar refractivity (Wildman–Crippen MR) is 88.6 cm³/mol. The first-order chi connectivity index (χ1) is 10.9. The van der Waals surface area contributed by atoms with Gasteiger partial charge in [-0.25, -0.2) is 0 Å². The minimum absolute atomic E-state index is 0.127. The average Bonchev–Trinajstić information content (AvgIpc) is 2.46. The molecule has 4 heteroatoms. The Morgan fingerprint density at radius 3 is 2.43 bits per heavy atom. The van der Waals surface area contributed by atoms with Crippen LogP contribution in [0, 0.1) is 0 Å². The van der Waals surface area contributed by atoms with E-state index in [0.29, 0.717) is 0 Å². The Labute approximate surface area is 139 Å². The zero-order valence-corrected chi connectivity index (χ0v) is 14.6. The maximum absolute atomic E-state index is 6.41. The lowest BCUT2D eigenvalue weighted by molar-refractivity contribution is -0.293. The van der Waals surface area contributed by atoms with Gasteiger partial charge in [-0.1, -0.05) is 12.1 Å². The molecule has 3 rings (SSSR count). The molecule has 23 heavy (non-hydrogen) atoms. The van der Waals surface area contributed by atoms with Crippen LogP contribution in [0.4, 0.5) is 0 Å². The van der Waals surface area contributed by atoms with Crippen LogP contribution in [0.15, 0.2) is 24.3 Å². The van der Waals surface area contributed by atoms with Crippen molar-refractivity contribution in [2.75, 3.05) is 13.2 Å². The van der Waals surface area contributed by atoms with Gasteiger partial charge in [-0.3, -0.25) is 0 Å². The molecule has 0 N–H and O–H groups in total. The zero-order chi connectivity index (χ0) is 16.5. The monoisotopic (exact) mass is 320 g/mol. The van der Waals surface area contributed by atoms with E-state index in [-0.39, 0.29) is 23.6 Å². The third kappa shape index (κ3) is 4.06. The van der Waals surface area contributed by atoms with Crippen molar-refractivity contribution < 1.29 is 18.9 Å². The standard InChI is InChI=1S/C19H28O4/c1-14(2)22-16-7-5-15(6-8-16)17-20-11-9-19(23-17)10-12-21-18(3,4)13-19/h5-8,14,17H,9-13H2,1-4H3. The first-order valence-corrected chi connectivity index (χ1v) is 8.58. The van der Waals surface area contributed by atoms with Crippen LogP contribution >= 0.6 is 0 Å². The minimum atomic E-state index is -0.300. The Morgan fingerprint density at radius 2 is 1.78 bits per heavy atom. The molecular weight excluding hydrogens is 292 g/mol. The first kappa shape index (κ1) is 16.7. The molecule has 0 bridgehead atoms. The Bertz CT molecular complexity index is 519. The lowest BCUT2D eigenvalue weighted by atomic mass is 9.81. The number of hydrogen-bond donors (Lipinski definition) is 0. The summed E-state index contributed by atoms with van der Waals surface area (Å²) in [6.45, 7) is 9.81. The second kappa shape index (κ2) is 6.42. The van der Waals surface area contributed by atoms with Crippen molar-refractivity contribution >= 4 is 0 Å². The van der Waals surface area contributed by atoms with E-state index in [9.17, 15) is 0 Å². The SMILES string of the molecule is CC(C)Oc1ccc(C2OCCC3(CCOC(C)(C)C3)O2)cc1. The van der Waals surface area contributed by atoms with Crippen LogP contribution in [0.5, 0.6) is 5.75 Å². The highest BCUT2D eigenvalue weighted by Gasteiger charge is 2.45. The van der Waals surface area contributed by atoms with Crippen molar-refractivity contribution in [2.45, 2.75) is 70.6 Å². The number of ether oxygens (including phenoxy) is 4. The zero-order valence-electron chi connectivity index (χ0n) is 14.6. The normalized spacial score (nSPS) is 30.6. The van der Waals surface area contributed by atoms with Crippen molar-refractivity contribution in [2.24, 2.45) is 0 Å². The first-order valence-electron chi connectivity index (χ1n) is 8.58. The molecule has 4 nitrogen and oxygen atoms in total. The van der Waals surface area contributed by atoms with E-state index in [4.69, 9.17) is 18.9 Å². The smallest absolute Gasteiger partial charge is 0.184 e. The maximum atomic E-state index is 6.41. The molecule has 0 aliphatic carbocycles. The van der Waals surface area contributed by atoms with Gasteiger partial charge in [-0.05, 0) is 39.8 Å². The Hall–Kier alpha value is -1.10. The summed E-state index contributed by atoms with van der Waals surface area (Å²) < 4.78 is 23.8. The molecule has 2 atom stereocenters. The third-order valence-electron chi connectivity index (χ3n) is 4.51. The summed E-state index contributed by atoms with van der Waals surface area (Å²) in [4.78, 5) is 0. The van der Waals surface area contributed by atoms with Gasteiger partial charge in [0.15, 0.2) is 6.29 Å². The molecule has 1 aromatic rings. The molecule has 2 saturated heterocycles. The van der Waals surface area contributed by atoms with Crippen molar-refractivity contribution in [3.05, 3.63) is 29.8 Å². The van der Waals surface area contributed by atoms with Gasteiger partial charge in [-0.2, -0.15) is 0 Å². The van der Waals surface area contributed by atoms with Crippen LogP contribution in [0.3, 0.4) is 0 Å². The average molecular weight is 320 g/mol. The van der Waals surface area contributed by atoms with E-state index in [2.05, 4.69) is 13.8 Å². The number of rotatable bonds is 3. The minimum Gasteiger partial charge on any atom is -0.491 e. The molecule has 1 aromatic carbocycles. The lowest BCUT2D eigenvalue weighted by Crippen LogP contribution is -2.50. The van der Waals surface area contributed by atoms with Crippen molar-refractivity contribution in [3.63, 3.8) is 0 Å². The Morgan fingerprint density at radius 1 is 1.09 bits per heavy atom. The van der Waals surface area contributed by atoms with Gasteiger partial charge in [-0.15, -0.1) is 0 Å². The number of hydrogen-bond acceptors (Lipinski definition) is 4.